The van der Waals surface area contributed by atoms with Gasteiger partial charge in [-0.3, -0.25) is 0 Å². The van der Waals surface area contributed by atoms with Gasteiger partial charge < -0.3 is 14.6 Å². The molecule has 7 nitrogen and oxygen atoms in total. The average molecular weight is 374 g/mol. The van der Waals surface area contributed by atoms with Crippen LogP contribution in [0, 0.1) is 6.92 Å². The number of H-pyrrole nitrogens is 1. The van der Waals surface area contributed by atoms with Gasteiger partial charge in [-0.15, -0.1) is 4.80 Å². The molecule has 2 aromatic carbocycles. The molecular weight excluding hydrogens is 352 g/mol. The van der Waals surface area contributed by atoms with Crippen LogP contribution >= 0.6 is 0 Å². The topological polar surface area (TPSA) is 71.9 Å². The highest BCUT2D eigenvalue weighted by Crippen LogP contribution is 2.39. The third-order valence-corrected chi connectivity index (χ3v) is 5.36. The zero-order chi connectivity index (χ0) is 19.1. The monoisotopic (exact) mass is 374 g/mol. The van der Waals surface area contributed by atoms with Crippen LogP contribution in [-0.2, 0) is 0 Å². The molecule has 1 aliphatic heterocycles. The standard InChI is InChI=1S/C21H22N6O/c1-14-8-9-16(27-22-10-11-23-27)18(13-14)26-12-4-6-17(26)21-24-15-5-3-7-19(28-2)20(15)25-21/h3,5,7-11,13,17H,4,6,12H2,1-2H3,(H,24,25)/t17-/m0/s1. The van der Waals surface area contributed by atoms with Gasteiger partial charge in [0.15, 0.2) is 0 Å². The van der Waals surface area contributed by atoms with E-state index in [1.807, 2.05) is 18.2 Å². The minimum atomic E-state index is 0.174. The van der Waals surface area contributed by atoms with Crippen molar-refractivity contribution in [3.8, 4) is 11.4 Å². The molecule has 0 spiro atoms. The largest absolute Gasteiger partial charge is 0.494 e. The number of nitrogens with one attached hydrogen (secondary N) is 1. The van der Waals surface area contributed by atoms with E-state index in [2.05, 4.69) is 45.2 Å². The maximum Gasteiger partial charge on any atom is 0.146 e. The van der Waals surface area contributed by atoms with Crippen molar-refractivity contribution >= 4 is 16.7 Å². The lowest BCUT2D eigenvalue weighted by molar-refractivity contribution is 0.419. The maximum atomic E-state index is 5.48. The van der Waals surface area contributed by atoms with Crippen LogP contribution in [-0.4, -0.2) is 38.6 Å². The highest BCUT2D eigenvalue weighted by atomic mass is 16.5. The molecule has 0 aliphatic carbocycles. The minimum absolute atomic E-state index is 0.174. The van der Waals surface area contributed by atoms with E-state index in [-0.39, 0.29) is 6.04 Å². The van der Waals surface area contributed by atoms with Crippen LogP contribution in [0.3, 0.4) is 0 Å². The van der Waals surface area contributed by atoms with Gasteiger partial charge in [0.25, 0.3) is 0 Å². The highest BCUT2D eigenvalue weighted by Gasteiger charge is 2.31. The molecule has 1 atom stereocenters. The Balaban J connectivity index is 1.60. The molecule has 0 radical (unpaired) electrons. The Morgan fingerprint density at radius 1 is 1.11 bits per heavy atom. The molecule has 2 aromatic heterocycles. The van der Waals surface area contributed by atoms with E-state index in [1.165, 1.54) is 5.56 Å². The lowest BCUT2D eigenvalue weighted by atomic mass is 10.1. The molecule has 0 bridgehead atoms. The zero-order valence-electron chi connectivity index (χ0n) is 16.0. The lowest BCUT2D eigenvalue weighted by Crippen LogP contribution is -2.25. The smallest absolute Gasteiger partial charge is 0.146 e. The number of aryl methyl sites for hydroxylation is 1. The summed E-state index contributed by atoms with van der Waals surface area (Å²) >= 11 is 0. The van der Waals surface area contributed by atoms with Crippen molar-refractivity contribution in [2.75, 3.05) is 18.6 Å². The highest BCUT2D eigenvalue weighted by molar-refractivity contribution is 5.82. The number of hydrogen-bond acceptors (Lipinski definition) is 5. The van der Waals surface area contributed by atoms with Gasteiger partial charge in [0.1, 0.15) is 22.8 Å². The van der Waals surface area contributed by atoms with Crippen LogP contribution < -0.4 is 9.64 Å². The van der Waals surface area contributed by atoms with E-state index in [0.717, 1.165) is 53.4 Å². The van der Waals surface area contributed by atoms with Crippen molar-refractivity contribution in [1.29, 1.82) is 0 Å². The summed E-state index contributed by atoms with van der Waals surface area (Å²) < 4.78 is 5.48. The summed E-state index contributed by atoms with van der Waals surface area (Å²) in [6.07, 6.45) is 5.56. The third kappa shape index (κ3) is 2.70. The molecule has 28 heavy (non-hydrogen) atoms. The average Bonchev–Trinajstić information content (AvgIpc) is 3.46. The fraction of sp³-hybridized carbons (Fsp3) is 0.286. The molecule has 0 amide bonds. The third-order valence-electron chi connectivity index (χ3n) is 5.36. The predicted molar refractivity (Wildman–Crippen MR) is 108 cm³/mol. The Kier molecular flexibility index (Phi) is 4.00. The summed E-state index contributed by atoms with van der Waals surface area (Å²) in [6.45, 7) is 3.08. The first-order valence-corrected chi connectivity index (χ1v) is 9.51. The van der Waals surface area contributed by atoms with E-state index in [4.69, 9.17) is 9.72 Å². The summed E-state index contributed by atoms with van der Waals surface area (Å²) in [6, 6.07) is 12.5. The molecular formula is C21H22N6O. The van der Waals surface area contributed by atoms with Crippen LogP contribution in [0.4, 0.5) is 5.69 Å². The molecule has 7 heteroatoms. The number of fused-ring (bicyclic) bond motifs is 1. The number of aromatic nitrogens is 5. The second-order valence-electron chi connectivity index (χ2n) is 7.14. The minimum Gasteiger partial charge on any atom is -0.494 e. The van der Waals surface area contributed by atoms with Crippen LogP contribution in [0.25, 0.3) is 16.7 Å². The number of ether oxygens (including phenoxy) is 1. The van der Waals surface area contributed by atoms with Gasteiger partial charge in [-0.2, -0.15) is 10.2 Å². The van der Waals surface area contributed by atoms with Crippen molar-refractivity contribution in [3.05, 3.63) is 60.2 Å². The molecule has 1 N–H and O–H groups in total. The number of rotatable bonds is 4. The number of nitrogens with zero attached hydrogens (tertiary/aromatic N) is 5. The molecule has 0 unspecified atom stereocenters. The van der Waals surface area contributed by atoms with E-state index in [0.29, 0.717) is 0 Å². The van der Waals surface area contributed by atoms with Crippen molar-refractivity contribution < 1.29 is 4.74 Å². The van der Waals surface area contributed by atoms with Gasteiger partial charge >= 0.3 is 0 Å². The molecule has 5 rings (SSSR count). The Labute approximate surface area is 163 Å². The fourth-order valence-corrected chi connectivity index (χ4v) is 4.06. The normalized spacial score (nSPS) is 16.8. The molecule has 3 heterocycles. The second kappa shape index (κ2) is 6.67. The van der Waals surface area contributed by atoms with Crippen LogP contribution in [0.1, 0.15) is 30.3 Å². The van der Waals surface area contributed by atoms with Gasteiger partial charge in [0.2, 0.25) is 0 Å². The molecule has 0 saturated carbocycles. The molecule has 1 aliphatic rings. The first-order valence-electron chi connectivity index (χ1n) is 9.51. The van der Waals surface area contributed by atoms with Crippen molar-refractivity contribution in [3.63, 3.8) is 0 Å². The van der Waals surface area contributed by atoms with Crippen LogP contribution in [0.15, 0.2) is 48.8 Å². The number of hydrogen-bond donors (Lipinski definition) is 1. The molecule has 4 aromatic rings. The Morgan fingerprint density at radius 2 is 1.96 bits per heavy atom. The quantitative estimate of drug-likeness (QED) is 0.588. The number of anilines is 1. The summed E-state index contributed by atoms with van der Waals surface area (Å²) in [5, 5.41) is 8.68. The molecule has 1 fully saturated rings. The number of para-hydroxylation sites is 1. The van der Waals surface area contributed by atoms with Crippen LogP contribution in [0.2, 0.25) is 0 Å². The van der Waals surface area contributed by atoms with Crippen molar-refractivity contribution in [2.45, 2.75) is 25.8 Å². The summed E-state index contributed by atoms with van der Waals surface area (Å²) in [5.74, 6) is 1.76. The van der Waals surface area contributed by atoms with Crippen molar-refractivity contribution in [1.82, 2.24) is 25.0 Å². The fourth-order valence-electron chi connectivity index (χ4n) is 4.06. The number of aromatic amines is 1. The second-order valence-corrected chi connectivity index (χ2v) is 7.14. The zero-order valence-corrected chi connectivity index (χ0v) is 16.0. The van der Waals surface area contributed by atoms with Gasteiger partial charge in [-0.1, -0.05) is 12.1 Å². The Morgan fingerprint density at radius 3 is 2.79 bits per heavy atom. The van der Waals surface area contributed by atoms with E-state index in [1.54, 1.807) is 24.3 Å². The first kappa shape index (κ1) is 16.8. The Hall–Kier alpha value is -3.35. The summed E-state index contributed by atoms with van der Waals surface area (Å²) in [4.78, 5) is 12.5. The first-order chi connectivity index (χ1) is 13.7. The van der Waals surface area contributed by atoms with Crippen LogP contribution in [0.5, 0.6) is 5.75 Å². The number of benzene rings is 2. The van der Waals surface area contributed by atoms with Gasteiger partial charge in [0, 0.05) is 6.54 Å². The summed E-state index contributed by atoms with van der Waals surface area (Å²) in [5.41, 5.74) is 5.20. The number of imidazole rings is 1. The van der Waals surface area contributed by atoms with E-state index < -0.39 is 0 Å². The SMILES string of the molecule is COc1cccc2[nH]c([C@@H]3CCCN3c3cc(C)ccc3-n3nccn3)nc12. The van der Waals surface area contributed by atoms with Crippen molar-refractivity contribution in [2.24, 2.45) is 0 Å². The molecule has 1 saturated heterocycles. The molecule has 142 valence electrons. The number of methoxy groups -OCH3 is 1. The predicted octanol–water partition coefficient (Wildman–Crippen LogP) is 3.80. The van der Waals surface area contributed by atoms with Gasteiger partial charge in [-0.25, -0.2) is 4.98 Å². The van der Waals surface area contributed by atoms with E-state index in [9.17, 15) is 0 Å². The lowest BCUT2D eigenvalue weighted by Gasteiger charge is -2.27. The van der Waals surface area contributed by atoms with Gasteiger partial charge in [0.05, 0.1) is 36.7 Å². The van der Waals surface area contributed by atoms with Gasteiger partial charge in [-0.05, 0) is 49.6 Å². The summed E-state index contributed by atoms with van der Waals surface area (Å²) in [7, 11) is 1.68. The maximum absolute atomic E-state index is 5.48. The Bertz CT molecular complexity index is 1120. The van der Waals surface area contributed by atoms with E-state index >= 15 is 0 Å².